The number of hydrogen-bond donors (Lipinski definition) is 2. The molecule has 0 bridgehead atoms. The normalized spacial score (nSPS) is 9.40. The molecule has 0 aliphatic carbocycles. The second kappa shape index (κ2) is 6.89. The number of carbonyl (C=O) groups excluding carboxylic acids is 1. The summed E-state index contributed by atoms with van der Waals surface area (Å²) in [5.74, 6) is 0.114. The summed E-state index contributed by atoms with van der Waals surface area (Å²) in [6.45, 7) is 3.39. The Hall–Kier alpha value is -0.220. The van der Waals surface area contributed by atoms with Gasteiger partial charge in [-0.05, 0) is 6.26 Å². The van der Waals surface area contributed by atoms with Crippen molar-refractivity contribution in [2.24, 2.45) is 0 Å². The van der Waals surface area contributed by atoms with Crippen molar-refractivity contribution in [2.45, 2.75) is 13.3 Å². The molecule has 0 heterocycles. The van der Waals surface area contributed by atoms with Gasteiger partial charge in [0.2, 0.25) is 5.91 Å². The van der Waals surface area contributed by atoms with E-state index < -0.39 is 0 Å². The third-order valence-electron chi connectivity index (χ3n) is 1.01. The van der Waals surface area contributed by atoms with Gasteiger partial charge in [0.25, 0.3) is 0 Å². The Morgan fingerprint density at radius 3 is 2.70 bits per heavy atom. The number of amides is 1. The largest absolute Gasteiger partial charge is 0.355 e. The number of carbonyl (C=O) groups is 1. The van der Waals surface area contributed by atoms with Crippen molar-refractivity contribution in [3.63, 3.8) is 0 Å². The second-order valence-electron chi connectivity index (χ2n) is 1.80. The van der Waals surface area contributed by atoms with Crippen LogP contribution in [0.5, 0.6) is 0 Å². The first kappa shape index (κ1) is 9.78. The molecule has 1 amide bonds. The van der Waals surface area contributed by atoms with Gasteiger partial charge >= 0.3 is 0 Å². The predicted octanol–water partition coefficient (Wildman–Crippen LogP) is 0.380. The summed E-state index contributed by atoms with van der Waals surface area (Å²) >= 11 is 1.56. The molecule has 0 aliphatic rings. The molecule has 0 saturated carbocycles. The maximum atomic E-state index is 10.6. The summed E-state index contributed by atoms with van der Waals surface area (Å²) in [5, 5.41) is 2.75. The summed E-state index contributed by atoms with van der Waals surface area (Å²) in [4.78, 5) is 10.6. The lowest BCUT2D eigenvalue weighted by atomic mass is 10.4. The summed E-state index contributed by atoms with van der Waals surface area (Å²) in [7, 11) is 0. The Morgan fingerprint density at radius 2 is 2.20 bits per heavy atom. The first-order chi connectivity index (χ1) is 4.81. The van der Waals surface area contributed by atoms with Crippen LogP contribution < -0.4 is 10.0 Å². The lowest BCUT2D eigenvalue weighted by Crippen LogP contribution is -2.28. The molecule has 4 heteroatoms. The third-order valence-corrected chi connectivity index (χ3v) is 1.51. The van der Waals surface area contributed by atoms with Gasteiger partial charge in [-0.2, -0.15) is 0 Å². The van der Waals surface area contributed by atoms with Crippen molar-refractivity contribution in [1.29, 1.82) is 0 Å². The Kier molecular flexibility index (Phi) is 6.74. The van der Waals surface area contributed by atoms with Gasteiger partial charge in [-0.1, -0.05) is 18.9 Å². The lowest BCUT2D eigenvalue weighted by molar-refractivity contribution is -0.120. The minimum atomic E-state index is 0.114. The van der Waals surface area contributed by atoms with Gasteiger partial charge < -0.3 is 5.32 Å². The highest BCUT2D eigenvalue weighted by Crippen LogP contribution is 1.78. The van der Waals surface area contributed by atoms with Crippen LogP contribution in [-0.2, 0) is 4.79 Å². The summed E-state index contributed by atoms with van der Waals surface area (Å²) in [5.41, 5.74) is 0. The van der Waals surface area contributed by atoms with Gasteiger partial charge in [0.1, 0.15) is 0 Å². The average Bonchev–Trinajstić information content (AvgIpc) is 1.98. The van der Waals surface area contributed by atoms with Crippen LogP contribution in [0, 0.1) is 0 Å². The van der Waals surface area contributed by atoms with Crippen LogP contribution >= 0.6 is 11.9 Å². The summed E-state index contributed by atoms with van der Waals surface area (Å²) in [6, 6.07) is 0. The first-order valence-electron chi connectivity index (χ1n) is 3.33. The van der Waals surface area contributed by atoms with Gasteiger partial charge in [-0.3, -0.25) is 9.52 Å². The molecule has 0 aromatic carbocycles. The maximum Gasteiger partial charge on any atom is 0.219 e. The topological polar surface area (TPSA) is 41.1 Å². The fourth-order valence-electron chi connectivity index (χ4n) is 0.480. The number of hydrogen-bond acceptors (Lipinski definition) is 3. The van der Waals surface area contributed by atoms with Crippen LogP contribution in [0.2, 0.25) is 0 Å². The highest BCUT2D eigenvalue weighted by Gasteiger charge is 1.92. The Balaban J connectivity index is 2.96. The predicted molar refractivity (Wildman–Crippen MR) is 44.8 cm³/mol. The monoisotopic (exact) mass is 162 g/mol. The number of nitrogens with one attached hydrogen (secondary N) is 2. The molecule has 10 heavy (non-hydrogen) atoms. The van der Waals surface area contributed by atoms with E-state index in [1.165, 1.54) is 0 Å². The van der Waals surface area contributed by atoms with Crippen LogP contribution in [0.1, 0.15) is 13.3 Å². The van der Waals surface area contributed by atoms with Crippen LogP contribution in [0.15, 0.2) is 0 Å². The highest BCUT2D eigenvalue weighted by atomic mass is 32.2. The van der Waals surface area contributed by atoms with Crippen molar-refractivity contribution >= 4 is 17.9 Å². The van der Waals surface area contributed by atoms with Crippen molar-refractivity contribution in [3.8, 4) is 0 Å². The van der Waals surface area contributed by atoms with E-state index in [9.17, 15) is 4.79 Å². The molecule has 0 rings (SSSR count). The van der Waals surface area contributed by atoms with Gasteiger partial charge in [0.15, 0.2) is 0 Å². The van der Waals surface area contributed by atoms with Gasteiger partial charge in [0.05, 0.1) is 0 Å². The summed E-state index contributed by atoms with van der Waals surface area (Å²) < 4.78 is 3.03. The molecule has 0 unspecified atom stereocenters. The van der Waals surface area contributed by atoms with E-state index in [0.29, 0.717) is 13.0 Å². The molecule has 3 nitrogen and oxygen atoms in total. The van der Waals surface area contributed by atoms with E-state index in [-0.39, 0.29) is 5.91 Å². The van der Waals surface area contributed by atoms with E-state index in [1.807, 2.05) is 13.2 Å². The highest BCUT2D eigenvalue weighted by molar-refractivity contribution is 7.96. The van der Waals surface area contributed by atoms with Crippen molar-refractivity contribution in [2.75, 3.05) is 19.3 Å². The fourth-order valence-corrected chi connectivity index (χ4v) is 0.786. The Bertz CT molecular complexity index is 97.7. The van der Waals surface area contributed by atoms with Crippen LogP contribution in [0.3, 0.4) is 0 Å². The minimum Gasteiger partial charge on any atom is -0.355 e. The molecule has 0 fully saturated rings. The van der Waals surface area contributed by atoms with E-state index in [0.717, 1.165) is 6.54 Å². The zero-order valence-electron chi connectivity index (χ0n) is 6.44. The van der Waals surface area contributed by atoms with Crippen LogP contribution in [0.4, 0.5) is 0 Å². The zero-order chi connectivity index (χ0) is 7.82. The van der Waals surface area contributed by atoms with Crippen molar-refractivity contribution in [3.05, 3.63) is 0 Å². The standard InChI is InChI=1S/C6H14N2OS/c1-3-6(9)7-4-5-8-10-2/h8H,3-5H2,1-2H3,(H,7,9). The quantitative estimate of drug-likeness (QED) is 0.453. The van der Waals surface area contributed by atoms with Crippen LogP contribution in [0.25, 0.3) is 0 Å². The second-order valence-corrected chi connectivity index (χ2v) is 2.50. The van der Waals surface area contributed by atoms with Crippen molar-refractivity contribution in [1.82, 2.24) is 10.0 Å². The van der Waals surface area contributed by atoms with E-state index in [1.54, 1.807) is 11.9 Å². The molecule has 0 aromatic heterocycles. The minimum absolute atomic E-state index is 0.114. The molecular formula is C6H14N2OS. The molecule has 60 valence electrons. The van der Waals surface area contributed by atoms with E-state index in [2.05, 4.69) is 10.0 Å². The molecule has 0 radical (unpaired) electrons. The molecule has 0 spiro atoms. The van der Waals surface area contributed by atoms with Crippen molar-refractivity contribution < 1.29 is 4.79 Å². The average molecular weight is 162 g/mol. The smallest absolute Gasteiger partial charge is 0.219 e. The molecule has 0 saturated heterocycles. The number of rotatable bonds is 5. The molecule has 2 N–H and O–H groups in total. The Labute approximate surface area is 66.1 Å². The van der Waals surface area contributed by atoms with Gasteiger partial charge in [-0.15, -0.1) is 0 Å². The Morgan fingerprint density at radius 1 is 1.50 bits per heavy atom. The third kappa shape index (κ3) is 5.91. The molecule has 0 atom stereocenters. The SMILES string of the molecule is CCC(=O)NCCNSC. The summed E-state index contributed by atoms with van der Waals surface area (Å²) in [6.07, 6.45) is 2.53. The van der Waals surface area contributed by atoms with E-state index in [4.69, 9.17) is 0 Å². The first-order valence-corrected chi connectivity index (χ1v) is 4.56. The fraction of sp³-hybridized carbons (Fsp3) is 0.833. The zero-order valence-corrected chi connectivity index (χ0v) is 7.25. The van der Waals surface area contributed by atoms with Gasteiger partial charge in [-0.25, -0.2) is 0 Å². The maximum absolute atomic E-state index is 10.6. The molecule has 0 aliphatic heterocycles. The van der Waals surface area contributed by atoms with Gasteiger partial charge in [0, 0.05) is 19.5 Å². The lowest BCUT2D eigenvalue weighted by Gasteiger charge is -2.01. The molecular weight excluding hydrogens is 148 g/mol. The molecule has 0 aromatic rings. The van der Waals surface area contributed by atoms with E-state index >= 15 is 0 Å². The van der Waals surface area contributed by atoms with Crippen LogP contribution in [-0.4, -0.2) is 25.3 Å².